The van der Waals surface area contributed by atoms with E-state index in [0.717, 1.165) is 19.3 Å². The van der Waals surface area contributed by atoms with E-state index in [1.807, 2.05) is 0 Å². The predicted octanol–water partition coefficient (Wildman–Crippen LogP) is 4.82. The summed E-state index contributed by atoms with van der Waals surface area (Å²) in [5, 5.41) is 3.88. The Labute approximate surface area is 174 Å². The number of anilines is 1. The number of sulfonamides is 1. The van der Waals surface area contributed by atoms with Crippen molar-refractivity contribution in [3.05, 3.63) is 58.8 Å². The van der Waals surface area contributed by atoms with E-state index in [2.05, 4.69) is 5.32 Å². The van der Waals surface area contributed by atoms with E-state index in [1.165, 1.54) is 10.4 Å². The number of carbonyl (C=O) groups is 1. The third kappa shape index (κ3) is 3.90. The summed E-state index contributed by atoms with van der Waals surface area (Å²) in [5.41, 5.74) is 1.61. The molecule has 2 aromatic carbocycles. The van der Waals surface area contributed by atoms with E-state index in [1.54, 1.807) is 43.3 Å². The molecule has 1 aliphatic rings. The van der Waals surface area contributed by atoms with Gasteiger partial charge in [-0.05, 0) is 56.2 Å². The van der Waals surface area contributed by atoms with Crippen LogP contribution in [0.1, 0.15) is 35.4 Å². The van der Waals surface area contributed by atoms with Crippen LogP contribution >= 0.6 is 11.6 Å². The number of hydrogen-bond donors (Lipinski definition) is 1. The fourth-order valence-electron chi connectivity index (χ4n) is 3.59. The van der Waals surface area contributed by atoms with Gasteiger partial charge >= 0.3 is 0 Å². The number of furan rings is 1. The average Bonchev–Trinajstić information content (AvgIpc) is 3.05. The zero-order valence-corrected chi connectivity index (χ0v) is 17.5. The van der Waals surface area contributed by atoms with Crippen molar-refractivity contribution in [1.82, 2.24) is 4.31 Å². The van der Waals surface area contributed by atoms with Crippen LogP contribution in [-0.2, 0) is 10.0 Å². The highest BCUT2D eigenvalue weighted by Crippen LogP contribution is 2.30. The van der Waals surface area contributed by atoms with Crippen molar-refractivity contribution in [2.24, 2.45) is 0 Å². The summed E-state index contributed by atoms with van der Waals surface area (Å²) in [6, 6.07) is 11.6. The molecule has 8 heteroatoms. The van der Waals surface area contributed by atoms with Crippen LogP contribution in [0.25, 0.3) is 11.0 Å². The van der Waals surface area contributed by atoms with Crippen molar-refractivity contribution in [2.45, 2.75) is 31.1 Å². The molecule has 1 N–H and O–H groups in total. The number of aryl methyl sites for hydroxylation is 1. The van der Waals surface area contributed by atoms with Gasteiger partial charge in [-0.2, -0.15) is 4.31 Å². The lowest BCUT2D eigenvalue weighted by Gasteiger charge is -2.25. The number of rotatable bonds is 4. The molecule has 0 bridgehead atoms. The predicted molar refractivity (Wildman–Crippen MR) is 113 cm³/mol. The molecule has 0 spiro atoms. The van der Waals surface area contributed by atoms with Gasteiger partial charge in [-0.3, -0.25) is 4.79 Å². The molecule has 6 nitrogen and oxygen atoms in total. The monoisotopic (exact) mass is 432 g/mol. The lowest BCUT2D eigenvalue weighted by Crippen LogP contribution is -2.35. The van der Waals surface area contributed by atoms with Crippen LogP contribution in [0, 0.1) is 6.92 Å². The topological polar surface area (TPSA) is 79.6 Å². The number of amides is 1. The van der Waals surface area contributed by atoms with E-state index in [-0.39, 0.29) is 10.7 Å². The lowest BCUT2D eigenvalue weighted by molar-refractivity contribution is 0.0998. The number of hydrogen-bond acceptors (Lipinski definition) is 4. The second kappa shape index (κ2) is 7.82. The van der Waals surface area contributed by atoms with Gasteiger partial charge < -0.3 is 9.73 Å². The first kappa shape index (κ1) is 19.9. The van der Waals surface area contributed by atoms with Crippen LogP contribution in [0.15, 0.2) is 51.8 Å². The third-order valence-corrected chi connectivity index (χ3v) is 7.28. The van der Waals surface area contributed by atoms with Crippen molar-refractivity contribution in [3.8, 4) is 0 Å². The Morgan fingerprint density at radius 1 is 1.10 bits per heavy atom. The molecule has 1 saturated heterocycles. The molecular weight excluding hydrogens is 412 g/mol. The summed E-state index contributed by atoms with van der Waals surface area (Å²) in [5.74, 6) is -0.270. The Balaban J connectivity index is 1.66. The number of carbonyl (C=O) groups excluding carboxylic acids is 1. The molecule has 0 atom stereocenters. The van der Waals surface area contributed by atoms with Crippen molar-refractivity contribution in [3.63, 3.8) is 0 Å². The van der Waals surface area contributed by atoms with Gasteiger partial charge in [0.1, 0.15) is 5.58 Å². The Hall–Kier alpha value is -2.35. The highest BCUT2D eigenvalue weighted by atomic mass is 35.5. The summed E-state index contributed by atoms with van der Waals surface area (Å²) in [4.78, 5) is 12.9. The third-order valence-electron chi connectivity index (χ3n) is 5.15. The van der Waals surface area contributed by atoms with Crippen LogP contribution in [0.3, 0.4) is 0 Å². The normalized spacial score (nSPS) is 15.5. The molecule has 1 aliphatic heterocycles. The van der Waals surface area contributed by atoms with Crippen LogP contribution in [0.5, 0.6) is 0 Å². The zero-order chi connectivity index (χ0) is 20.6. The van der Waals surface area contributed by atoms with Gasteiger partial charge in [0.15, 0.2) is 5.76 Å². The van der Waals surface area contributed by atoms with Crippen LogP contribution < -0.4 is 5.32 Å². The minimum Gasteiger partial charge on any atom is -0.451 e. The first-order chi connectivity index (χ1) is 13.9. The molecular formula is C21H21ClN2O4S. The van der Waals surface area contributed by atoms with Gasteiger partial charge in [-0.25, -0.2) is 8.42 Å². The maximum atomic E-state index is 13.0. The molecule has 1 amide bonds. The van der Waals surface area contributed by atoms with Gasteiger partial charge in [0.25, 0.3) is 5.91 Å². The number of nitrogens with one attached hydrogen (secondary N) is 1. The van der Waals surface area contributed by atoms with Gasteiger partial charge in [-0.15, -0.1) is 0 Å². The standard InChI is InChI=1S/C21H21ClN2O4S/c1-14-18-13-17(29(26,27)24-10-3-2-4-11-24)8-9-19(18)28-20(14)21(25)23-16-7-5-6-15(22)12-16/h5-9,12-13H,2-4,10-11H2,1H3,(H,23,25). The molecule has 0 unspecified atom stereocenters. The minimum absolute atomic E-state index is 0.146. The number of fused-ring (bicyclic) bond motifs is 1. The lowest BCUT2D eigenvalue weighted by atomic mass is 10.1. The first-order valence-corrected chi connectivity index (χ1v) is 11.3. The molecule has 1 aromatic heterocycles. The molecule has 0 aliphatic carbocycles. The molecule has 0 saturated carbocycles. The highest BCUT2D eigenvalue weighted by Gasteiger charge is 2.27. The second-order valence-corrected chi connectivity index (χ2v) is 9.52. The fourth-order valence-corrected chi connectivity index (χ4v) is 5.32. The van der Waals surface area contributed by atoms with Crippen molar-refractivity contribution in [2.75, 3.05) is 18.4 Å². The second-order valence-electron chi connectivity index (χ2n) is 7.14. The molecule has 0 radical (unpaired) electrons. The molecule has 3 aromatic rings. The Morgan fingerprint density at radius 2 is 1.86 bits per heavy atom. The SMILES string of the molecule is Cc1c(C(=O)Nc2cccc(Cl)c2)oc2ccc(S(=O)(=O)N3CCCCC3)cc12. The smallest absolute Gasteiger partial charge is 0.291 e. The van der Waals surface area contributed by atoms with Crippen LogP contribution in [-0.4, -0.2) is 31.7 Å². The number of halogens is 1. The summed E-state index contributed by atoms with van der Waals surface area (Å²) in [7, 11) is -3.56. The molecule has 1 fully saturated rings. The maximum Gasteiger partial charge on any atom is 0.291 e. The Kier molecular flexibility index (Phi) is 5.38. The largest absolute Gasteiger partial charge is 0.451 e. The maximum absolute atomic E-state index is 13.0. The zero-order valence-electron chi connectivity index (χ0n) is 15.9. The van der Waals surface area contributed by atoms with Crippen molar-refractivity contribution >= 4 is 44.2 Å². The summed E-state index contributed by atoms with van der Waals surface area (Å²) < 4.78 is 33.2. The molecule has 29 heavy (non-hydrogen) atoms. The molecule has 2 heterocycles. The summed E-state index contributed by atoms with van der Waals surface area (Å²) >= 11 is 5.96. The number of piperidine rings is 1. The molecule has 152 valence electrons. The van der Waals surface area contributed by atoms with Gasteiger partial charge in [0.05, 0.1) is 4.90 Å². The fraction of sp³-hybridized carbons (Fsp3) is 0.286. The van der Waals surface area contributed by atoms with E-state index >= 15 is 0 Å². The van der Waals surface area contributed by atoms with E-state index < -0.39 is 15.9 Å². The average molecular weight is 433 g/mol. The minimum atomic E-state index is -3.56. The quantitative estimate of drug-likeness (QED) is 0.640. The van der Waals surface area contributed by atoms with Gasteiger partial charge in [0.2, 0.25) is 10.0 Å². The van der Waals surface area contributed by atoms with Gasteiger partial charge in [-0.1, -0.05) is 24.1 Å². The van der Waals surface area contributed by atoms with E-state index in [0.29, 0.717) is 40.3 Å². The molecule has 4 rings (SSSR count). The Morgan fingerprint density at radius 3 is 2.59 bits per heavy atom. The van der Waals surface area contributed by atoms with E-state index in [4.69, 9.17) is 16.0 Å². The van der Waals surface area contributed by atoms with Crippen LogP contribution in [0.2, 0.25) is 5.02 Å². The van der Waals surface area contributed by atoms with Crippen LogP contribution in [0.4, 0.5) is 5.69 Å². The Bertz CT molecular complexity index is 1180. The van der Waals surface area contributed by atoms with E-state index in [9.17, 15) is 13.2 Å². The van der Waals surface area contributed by atoms with Crippen molar-refractivity contribution in [1.29, 1.82) is 0 Å². The first-order valence-electron chi connectivity index (χ1n) is 9.46. The van der Waals surface area contributed by atoms with Gasteiger partial charge in [0, 0.05) is 34.7 Å². The highest BCUT2D eigenvalue weighted by molar-refractivity contribution is 7.89. The summed E-state index contributed by atoms with van der Waals surface area (Å²) in [6.07, 6.45) is 2.80. The number of nitrogens with zero attached hydrogens (tertiary/aromatic N) is 1. The van der Waals surface area contributed by atoms with Crippen molar-refractivity contribution < 1.29 is 17.6 Å². The number of benzene rings is 2. The summed E-state index contributed by atoms with van der Waals surface area (Å²) in [6.45, 7) is 2.83.